The molecular weight excluding hydrogens is 420 g/mol. The predicted octanol–water partition coefficient (Wildman–Crippen LogP) is 1.41. The van der Waals surface area contributed by atoms with Crippen molar-refractivity contribution in [1.29, 1.82) is 0 Å². The molecule has 11 nitrogen and oxygen atoms in total. The fourth-order valence-electron chi connectivity index (χ4n) is 3.37. The Bertz CT molecular complexity index is 1480. The van der Waals surface area contributed by atoms with Crippen LogP contribution in [0.1, 0.15) is 5.56 Å². The number of pyridine rings is 1. The van der Waals surface area contributed by atoms with Gasteiger partial charge >= 0.3 is 0 Å². The smallest absolute Gasteiger partial charge is 0.280 e. The van der Waals surface area contributed by atoms with Crippen LogP contribution in [0.4, 0.5) is 0 Å². The second-order valence-electron chi connectivity index (χ2n) is 6.74. The van der Waals surface area contributed by atoms with Crippen molar-refractivity contribution in [3.8, 4) is 11.5 Å². The minimum Gasteiger partial charge on any atom is -0.486 e. The Morgan fingerprint density at radius 1 is 1.06 bits per heavy atom. The molecule has 4 aromatic heterocycles. The van der Waals surface area contributed by atoms with Crippen LogP contribution < -0.4 is 15.0 Å². The van der Waals surface area contributed by atoms with Gasteiger partial charge in [-0.2, -0.15) is 9.50 Å². The van der Waals surface area contributed by atoms with Gasteiger partial charge in [-0.05, 0) is 23.8 Å². The fraction of sp³-hybridized carbons (Fsp3) is 0.158. The van der Waals surface area contributed by atoms with E-state index in [0.29, 0.717) is 40.8 Å². The first-order chi connectivity index (χ1) is 15.3. The predicted molar refractivity (Wildman–Crippen MR) is 110 cm³/mol. The van der Waals surface area contributed by atoms with Crippen molar-refractivity contribution in [3.63, 3.8) is 0 Å². The lowest BCUT2D eigenvalue weighted by Gasteiger charge is -2.18. The van der Waals surface area contributed by atoms with Crippen molar-refractivity contribution in [1.82, 2.24) is 39.1 Å². The van der Waals surface area contributed by atoms with Crippen LogP contribution in [-0.2, 0) is 5.75 Å². The fourth-order valence-corrected chi connectivity index (χ4v) is 4.13. The third kappa shape index (κ3) is 3.08. The molecule has 1 aromatic carbocycles. The number of hydrogen-bond acceptors (Lipinski definition) is 9. The van der Waals surface area contributed by atoms with Crippen molar-refractivity contribution >= 4 is 28.4 Å². The summed E-state index contributed by atoms with van der Waals surface area (Å²) in [6.45, 7) is 1.12. The van der Waals surface area contributed by atoms with Gasteiger partial charge in [0.25, 0.3) is 11.3 Å². The standard InChI is InChI=1S/C19H14N8O3S/c28-17-13-8-20-18-23-19(31-9-12-1-2-15-16(7-12)30-6-5-29-15)24-27(18)14(13)3-4-26(17)25-10-21-22-11-25/h1-4,7-8,10-11H,5-6,9H2. The zero-order valence-electron chi connectivity index (χ0n) is 16.0. The van der Waals surface area contributed by atoms with E-state index >= 15 is 0 Å². The highest BCUT2D eigenvalue weighted by Crippen LogP contribution is 2.32. The molecule has 6 rings (SSSR count). The third-order valence-corrected chi connectivity index (χ3v) is 5.73. The van der Waals surface area contributed by atoms with Gasteiger partial charge in [0.2, 0.25) is 5.16 Å². The quantitative estimate of drug-likeness (QED) is 0.387. The van der Waals surface area contributed by atoms with Crippen LogP contribution in [0.2, 0.25) is 0 Å². The van der Waals surface area contributed by atoms with Gasteiger partial charge in [0.1, 0.15) is 25.9 Å². The third-order valence-electron chi connectivity index (χ3n) is 4.83. The number of thioether (sulfide) groups is 1. The highest BCUT2D eigenvalue weighted by molar-refractivity contribution is 7.98. The minimum atomic E-state index is -0.257. The van der Waals surface area contributed by atoms with Gasteiger partial charge in [0.05, 0.1) is 10.9 Å². The molecule has 5 heterocycles. The number of hydrogen-bond donors (Lipinski definition) is 0. The SMILES string of the molecule is O=c1c2cnc3nc(SCc4ccc5c(c4)OCCO5)nn3c2ccn1-n1cnnc1. The molecule has 0 unspecified atom stereocenters. The van der Waals surface area contributed by atoms with Crippen molar-refractivity contribution in [2.24, 2.45) is 0 Å². The summed E-state index contributed by atoms with van der Waals surface area (Å²) in [5, 5.41) is 13.0. The lowest BCUT2D eigenvalue weighted by Crippen LogP contribution is -2.25. The van der Waals surface area contributed by atoms with E-state index in [4.69, 9.17) is 9.47 Å². The second-order valence-corrected chi connectivity index (χ2v) is 7.68. The lowest BCUT2D eigenvalue weighted by atomic mass is 10.2. The Labute approximate surface area is 178 Å². The van der Waals surface area contributed by atoms with Gasteiger partial charge < -0.3 is 9.47 Å². The number of rotatable bonds is 4. The van der Waals surface area contributed by atoms with Crippen LogP contribution in [0.5, 0.6) is 11.5 Å². The van der Waals surface area contributed by atoms with E-state index < -0.39 is 0 Å². The Balaban J connectivity index is 1.32. The van der Waals surface area contributed by atoms with E-state index in [1.54, 1.807) is 16.8 Å². The normalized spacial score (nSPS) is 13.2. The first-order valence-corrected chi connectivity index (χ1v) is 10.4. The largest absolute Gasteiger partial charge is 0.486 e. The Kier molecular flexibility index (Phi) is 4.09. The monoisotopic (exact) mass is 434 g/mol. The van der Waals surface area contributed by atoms with Gasteiger partial charge in [-0.1, -0.05) is 17.8 Å². The molecule has 0 atom stereocenters. The molecule has 0 fully saturated rings. The summed E-state index contributed by atoms with van der Waals surface area (Å²) in [4.78, 5) is 21.7. The summed E-state index contributed by atoms with van der Waals surface area (Å²) in [6, 6.07) is 7.67. The number of aromatic nitrogens is 8. The van der Waals surface area contributed by atoms with Gasteiger partial charge in [-0.25, -0.2) is 14.3 Å². The van der Waals surface area contributed by atoms with Crippen molar-refractivity contribution in [3.05, 3.63) is 65.2 Å². The lowest BCUT2D eigenvalue weighted by molar-refractivity contribution is 0.171. The van der Waals surface area contributed by atoms with E-state index in [0.717, 1.165) is 17.1 Å². The molecule has 5 aromatic rings. The topological polar surface area (TPSA) is 114 Å². The molecule has 1 aliphatic heterocycles. The molecule has 0 spiro atoms. The van der Waals surface area contributed by atoms with E-state index in [1.165, 1.54) is 40.0 Å². The molecule has 0 aliphatic carbocycles. The summed E-state index contributed by atoms with van der Waals surface area (Å²) in [6.07, 6.45) is 6.04. The number of ether oxygens (including phenoxy) is 2. The number of benzene rings is 1. The second kappa shape index (κ2) is 7.09. The molecule has 0 N–H and O–H groups in total. The molecular formula is C19H14N8O3S. The number of fused-ring (bicyclic) bond motifs is 4. The zero-order valence-corrected chi connectivity index (χ0v) is 16.8. The molecule has 31 heavy (non-hydrogen) atoms. The Morgan fingerprint density at radius 3 is 2.77 bits per heavy atom. The molecule has 12 heteroatoms. The Hall–Kier alpha value is -3.93. The van der Waals surface area contributed by atoms with Crippen LogP contribution in [0.25, 0.3) is 16.7 Å². The summed E-state index contributed by atoms with van der Waals surface area (Å²) in [5.41, 5.74) is 1.44. The summed E-state index contributed by atoms with van der Waals surface area (Å²) >= 11 is 1.48. The van der Waals surface area contributed by atoms with Gasteiger partial charge in [-0.3, -0.25) is 4.79 Å². The van der Waals surface area contributed by atoms with E-state index in [-0.39, 0.29) is 5.56 Å². The first-order valence-electron chi connectivity index (χ1n) is 9.40. The summed E-state index contributed by atoms with van der Waals surface area (Å²) in [7, 11) is 0. The molecule has 0 amide bonds. The van der Waals surface area contributed by atoms with Crippen LogP contribution >= 0.6 is 11.8 Å². The van der Waals surface area contributed by atoms with Crippen molar-refractivity contribution in [2.45, 2.75) is 10.9 Å². The highest BCUT2D eigenvalue weighted by Gasteiger charge is 2.14. The van der Waals surface area contributed by atoms with Crippen LogP contribution in [0.3, 0.4) is 0 Å². The molecule has 1 aliphatic rings. The average Bonchev–Trinajstić information content (AvgIpc) is 3.48. The summed E-state index contributed by atoms with van der Waals surface area (Å²) in [5.74, 6) is 2.60. The zero-order chi connectivity index (χ0) is 20.8. The molecule has 0 radical (unpaired) electrons. The molecule has 154 valence electrons. The van der Waals surface area contributed by atoms with Crippen molar-refractivity contribution < 1.29 is 9.47 Å². The van der Waals surface area contributed by atoms with Crippen LogP contribution in [0.15, 0.2) is 59.3 Å². The van der Waals surface area contributed by atoms with Gasteiger partial charge in [0.15, 0.2) is 11.5 Å². The molecule has 0 saturated carbocycles. The van der Waals surface area contributed by atoms with E-state index in [1.807, 2.05) is 18.2 Å². The van der Waals surface area contributed by atoms with Crippen molar-refractivity contribution in [2.75, 3.05) is 13.2 Å². The van der Waals surface area contributed by atoms with Gasteiger partial charge in [0, 0.05) is 18.1 Å². The van der Waals surface area contributed by atoms with E-state index in [2.05, 4.69) is 25.3 Å². The van der Waals surface area contributed by atoms with Gasteiger partial charge in [-0.15, -0.1) is 15.3 Å². The summed E-state index contributed by atoms with van der Waals surface area (Å²) < 4.78 is 15.7. The maximum Gasteiger partial charge on any atom is 0.280 e. The maximum atomic E-state index is 12.9. The highest BCUT2D eigenvalue weighted by atomic mass is 32.2. The minimum absolute atomic E-state index is 0.257. The van der Waals surface area contributed by atoms with Crippen LogP contribution in [-0.4, -0.2) is 52.3 Å². The maximum absolute atomic E-state index is 12.9. The Morgan fingerprint density at radius 2 is 1.90 bits per heavy atom. The molecule has 0 saturated heterocycles. The average molecular weight is 434 g/mol. The first kappa shape index (κ1) is 17.9. The number of nitrogens with zero attached hydrogens (tertiary/aromatic N) is 8. The molecule has 0 bridgehead atoms. The van der Waals surface area contributed by atoms with E-state index in [9.17, 15) is 4.79 Å². The van der Waals surface area contributed by atoms with Crippen LogP contribution in [0, 0.1) is 0 Å².